The van der Waals surface area contributed by atoms with Crippen molar-refractivity contribution in [3.63, 3.8) is 0 Å². The van der Waals surface area contributed by atoms with Crippen molar-refractivity contribution in [1.29, 1.82) is 0 Å². The number of amides is 1. The molecule has 1 unspecified atom stereocenters. The van der Waals surface area contributed by atoms with Gasteiger partial charge in [0.15, 0.2) is 5.82 Å². The Morgan fingerprint density at radius 2 is 2.00 bits per heavy atom. The van der Waals surface area contributed by atoms with Gasteiger partial charge >= 0.3 is 0 Å². The molecule has 1 saturated heterocycles. The average molecular weight is 383 g/mol. The van der Waals surface area contributed by atoms with Crippen molar-refractivity contribution >= 4 is 5.91 Å². The quantitative estimate of drug-likeness (QED) is 0.793. The van der Waals surface area contributed by atoms with E-state index in [0.717, 1.165) is 36.8 Å². The summed E-state index contributed by atoms with van der Waals surface area (Å²) < 4.78 is 7.65. The number of rotatable bonds is 5. The van der Waals surface area contributed by atoms with Crippen LogP contribution in [0.4, 0.5) is 0 Å². The second kappa shape index (κ2) is 8.41. The zero-order valence-corrected chi connectivity index (χ0v) is 16.8. The maximum Gasteiger partial charge on any atom is 0.254 e. The fourth-order valence-electron chi connectivity index (χ4n) is 4.18. The van der Waals surface area contributed by atoms with Crippen molar-refractivity contribution in [3.8, 4) is 0 Å². The molecule has 1 aromatic carbocycles. The van der Waals surface area contributed by atoms with E-state index in [4.69, 9.17) is 4.74 Å². The largest absolute Gasteiger partial charge is 0.377 e. The van der Waals surface area contributed by atoms with Gasteiger partial charge in [-0.15, -0.1) is 10.2 Å². The van der Waals surface area contributed by atoms with Gasteiger partial charge in [-0.25, -0.2) is 0 Å². The summed E-state index contributed by atoms with van der Waals surface area (Å²) in [4.78, 5) is 17.2. The molecule has 1 fully saturated rings. The number of likely N-dealkylation sites (N-methyl/N-ethyl adjacent to an activating group) is 1. The highest BCUT2D eigenvalue weighted by Gasteiger charge is 2.29. The lowest BCUT2D eigenvalue weighted by Gasteiger charge is -2.32. The first kappa shape index (κ1) is 19.1. The van der Waals surface area contributed by atoms with E-state index in [1.807, 2.05) is 36.1 Å². The molecule has 7 nitrogen and oxygen atoms in total. The van der Waals surface area contributed by atoms with Crippen LogP contribution in [0, 0.1) is 0 Å². The van der Waals surface area contributed by atoms with Gasteiger partial charge < -0.3 is 19.1 Å². The number of hydrogen-bond donors (Lipinski definition) is 0. The molecule has 2 aromatic rings. The van der Waals surface area contributed by atoms with E-state index in [1.54, 1.807) is 0 Å². The molecule has 3 heterocycles. The number of aromatic nitrogens is 3. The Hall–Kier alpha value is -2.25. The molecule has 4 rings (SSSR count). The molecule has 1 atom stereocenters. The van der Waals surface area contributed by atoms with Gasteiger partial charge in [-0.1, -0.05) is 12.1 Å². The highest BCUT2D eigenvalue weighted by molar-refractivity contribution is 5.94. The molecule has 28 heavy (non-hydrogen) atoms. The number of hydrogen-bond acceptors (Lipinski definition) is 5. The summed E-state index contributed by atoms with van der Waals surface area (Å²) in [6.45, 7) is 7.43. The van der Waals surface area contributed by atoms with Gasteiger partial charge in [0.05, 0.1) is 13.2 Å². The molecule has 7 heteroatoms. The fraction of sp³-hybridized carbons (Fsp3) is 0.571. The third kappa shape index (κ3) is 3.95. The SMILES string of the molecule is CCOCc1ccc(C(=O)N2CCn3c(nnc3C3CCCN(C)C3)C2)cc1. The Balaban J connectivity index is 1.43. The predicted octanol–water partition coefficient (Wildman–Crippen LogP) is 2.28. The summed E-state index contributed by atoms with van der Waals surface area (Å²) in [5, 5.41) is 8.91. The molecule has 0 N–H and O–H groups in total. The standard InChI is InChI=1S/C21H29N5O2/c1-3-28-15-16-6-8-17(9-7-16)21(27)25-11-12-26-19(14-25)22-23-20(26)18-5-4-10-24(2)13-18/h6-9,18H,3-5,10-15H2,1-2H3. The fourth-order valence-corrected chi connectivity index (χ4v) is 4.18. The molecule has 0 aliphatic carbocycles. The van der Waals surface area contributed by atoms with E-state index in [-0.39, 0.29) is 5.91 Å². The van der Waals surface area contributed by atoms with Gasteiger partial charge in [0.1, 0.15) is 5.82 Å². The maximum absolute atomic E-state index is 12.9. The van der Waals surface area contributed by atoms with Crippen molar-refractivity contribution < 1.29 is 9.53 Å². The minimum absolute atomic E-state index is 0.0520. The third-order valence-corrected chi connectivity index (χ3v) is 5.73. The van der Waals surface area contributed by atoms with E-state index in [1.165, 1.54) is 12.8 Å². The van der Waals surface area contributed by atoms with Crippen LogP contribution >= 0.6 is 0 Å². The number of likely N-dealkylation sites (tertiary alicyclic amines) is 1. The van der Waals surface area contributed by atoms with E-state index >= 15 is 0 Å². The van der Waals surface area contributed by atoms with Gasteiger partial charge in [-0.3, -0.25) is 4.79 Å². The molecule has 2 aliphatic heterocycles. The van der Waals surface area contributed by atoms with Crippen molar-refractivity contribution in [2.75, 3.05) is 33.3 Å². The first-order valence-corrected chi connectivity index (χ1v) is 10.2. The molecule has 1 aromatic heterocycles. The van der Waals surface area contributed by atoms with Crippen molar-refractivity contribution in [1.82, 2.24) is 24.6 Å². The number of fused-ring (bicyclic) bond motifs is 1. The molecular weight excluding hydrogens is 354 g/mol. The number of carbonyl (C=O) groups excluding carboxylic acids is 1. The maximum atomic E-state index is 12.9. The molecule has 1 amide bonds. The number of nitrogens with zero attached hydrogens (tertiary/aromatic N) is 5. The van der Waals surface area contributed by atoms with Gasteiger partial charge in [-0.05, 0) is 51.1 Å². The molecule has 150 valence electrons. The number of piperidine rings is 1. The van der Waals surface area contributed by atoms with Crippen LogP contribution in [-0.2, 0) is 24.4 Å². The topological polar surface area (TPSA) is 63.5 Å². The minimum Gasteiger partial charge on any atom is -0.377 e. The van der Waals surface area contributed by atoms with Crippen molar-refractivity contribution in [2.45, 2.75) is 45.4 Å². The Labute approximate surface area is 166 Å². The van der Waals surface area contributed by atoms with Crippen LogP contribution in [0.2, 0.25) is 0 Å². The van der Waals surface area contributed by atoms with Crippen molar-refractivity contribution in [3.05, 3.63) is 47.0 Å². The van der Waals surface area contributed by atoms with Crippen LogP contribution in [0.15, 0.2) is 24.3 Å². The van der Waals surface area contributed by atoms with E-state index < -0.39 is 0 Å². The first-order valence-electron chi connectivity index (χ1n) is 10.2. The zero-order valence-electron chi connectivity index (χ0n) is 16.8. The lowest BCUT2D eigenvalue weighted by molar-refractivity contribution is 0.0705. The Morgan fingerprint density at radius 1 is 1.18 bits per heavy atom. The second-order valence-corrected chi connectivity index (χ2v) is 7.79. The van der Waals surface area contributed by atoms with Gasteiger partial charge in [0.25, 0.3) is 5.91 Å². The van der Waals surface area contributed by atoms with Crippen LogP contribution < -0.4 is 0 Å². The second-order valence-electron chi connectivity index (χ2n) is 7.79. The van der Waals surface area contributed by atoms with E-state index in [9.17, 15) is 4.79 Å². The van der Waals surface area contributed by atoms with Gasteiger partial charge in [0, 0.05) is 37.7 Å². The lowest BCUT2D eigenvalue weighted by Crippen LogP contribution is -2.39. The highest BCUT2D eigenvalue weighted by atomic mass is 16.5. The van der Waals surface area contributed by atoms with Crippen LogP contribution in [-0.4, -0.2) is 63.8 Å². The van der Waals surface area contributed by atoms with E-state index in [2.05, 4.69) is 26.7 Å². The first-order chi connectivity index (χ1) is 13.7. The third-order valence-electron chi connectivity index (χ3n) is 5.73. The summed E-state index contributed by atoms with van der Waals surface area (Å²) in [6.07, 6.45) is 2.37. The Morgan fingerprint density at radius 3 is 2.75 bits per heavy atom. The molecule has 0 bridgehead atoms. The summed E-state index contributed by atoms with van der Waals surface area (Å²) in [7, 11) is 2.17. The monoisotopic (exact) mass is 383 g/mol. The smallest absolute Gasteiger partial charge is 0.254 e. The lowest BCUT2D eigenvalue weighted by atomic mass is 9.97. The van der Waals surface area contributed by atoms with Gasteiger partial charge in [-0.2, -0.15) is 0 Å². The summed E-state index contributed by atoms with van der Waals surface area (Å²) in [5.74, 6) is 2.49. The molecular formula is C21H29N5O2. The predicted molar refractivity (Wildman–Crippen MR) is 106 cm³/mol. The summed E-state index contributed by atoms with van der Waals surface area (Å²) in [5.41, 5.74) is 1.79. The number of ether oxygens (including phenoxy) is 1. The molecule has 0 spiro atoms. The molecule has 0 saturated carbocycles. The molecule has 0 radical (unpaired) electrons. The normalized spacial score (nSPS) is 20.2. The number of benzene rings is 1. The number of carbonyl (C=O) groups is 1. The summed E-state index contributed by atoms with van der Waals surface area (Å²) in [6, 6.07) is 7.71. The van der Waals surface area contributed by atoms with Gasteiger partial charge in [0.2, 0.25) is 0 Å². The van der Waals surface area contributed by atoms with Crippen LogP contribution in [0.3, 0.4) is 0 Å². The average Bonchev–Trinajstić information content (AvgIpc) is 3.15. The summed E-state index contributed by atoms with van der Waals surface area (Å²) >= 11 is 0. The van der Waals surface area contributed by atoms with Crippen LogP contribution in [0.5, 0.6) is 0 Å². The van der Waals surface area contributed by atoms with Crippen LogP contribution in [0.1, 0.15) is 53.3 Å². The van der Waals surface area contributed by atoms with Crippen LogP contribution in [0.25, 0.3) is 0 Å². The zero-order chi connectivity index (χ0) is 19.5. The van der Waals surface area contributed by atoms with Crippen molar-refractivity contribution in [2.24, 2.45) is 0 Å². The highest BCUT2D eigenvalue weighted by Crippen LogP contribution is 2.27. The van der Waals surface area contributed by atoms with E-state index in [0.29, 0.717) is 37.8 Å². The Bertz CT molecular complexity index is 817. The Kier molecular flexibility index (Phi) is 5.73. The molecule has 2 aliphatic rings. The minimum atomic E-state index is 0.0520.